The average molecular weight is 310 g/mol. The second-order valence-electron chi connectivity index (χ2n) is 6.36. The van der Waals surface area contributed by atoms with Gasteiger partial charge in [-0.2, -0.15) is 5.10 Å². The molecule has 23 heavy (non-hydrogen) atoms. The van der Waals surface area contributed by atoms with E-state index < -0.39 is 0 Å². The number of rotatable bonds is 2. The van der Waals surface area contributed by atoms with Gasteiger partial charge >= 0.3 is 0 Å². The smallest absolute Gasteiger partial charge is 0.159 e. The quantitative estimate of drug-likeness (QED) is 0.730. The van der Waals surface area contributed by atoms with Crippen molar-refractivity contribution < 1.29 is 0 Å². The van der Waals surface area contributed by atoms with Crippen LogP contribution in [0.4, 0.5) is 5.69 Å². The van der Waals surface area contributed by atoms with Gasteiger partial charge in [-0.15, -0.1) is 0 Å². The van der Waals surface area contributed by atoms with E-state index in [1.807, 2.05) is 24.1 Å². The lowest BCUT2D eigenvalue weighted by molar-refractivity contribution is 0.399. The number of piperidine rings is 1. The molecule has 1 aliphatic heterocycles. The fourth-order valence-corrected chi connectivity index (χ4v) is 3.79. The number of fused-ring (bicyclic) bond motifs is 1. The van der Waals surface area contributed by atoms with Crippen molar-refractivity contribution >= 4 is 16.7 Å². The largest absolute Gasteiger partial charge is 0.369 e. The minimum atomic E-state index is 0.478. The summed E-state index contributed by atoms with van der Waals surface area (Å²) in [5, 5.41) is 5.72. The van der Waals surface area contributed by atoms with Crippen LogP contribution >= 0.6 is 0 Å². The Balaban J connectivity index is 1.72. The summed E-state index contributed by atoms with van der Waals surface area (Å²) >= 11 is 0. The maximum absolute atomic E-state index is 4.54. The normalized spacial score (nSPS) is 18.7. The molecule has 1 saturated heterocycles. The van der Waals surface area contributed by atoms with Gasteiger partial charge in [-0.25, -0.2) is 9.97 Å². The maximum atomic E-state index is 4.54. The summed E-state index contributed by atoms with van der Waals surface area (Å²) in [6.45, 7) is 6.23. The van der Waals surface area contributed by atoms with Crippen LogP contribution in [0.3, 0.4) is 0 Å². The Bertz CT molecular complexity index is 846. The highest BCUT2D eigenvalue weighted by atomic mass is 15.3. The van der Waals surface area contributed by atoms with Gasteiger partial charge in [0.25, 0.3) is 0 Å². The van der Waals surface area contributed by atoms with Crippen LogP contribution < -0.4 is 4.90 Å². The van der Waals surface area contributed by atoms with Crippen molar-refractivity contribution in [3.05, 3.63) is 36.2 Å². The van der Waals surface area contributed by atoms with Gasteiger partial charge in [0.2, 0.25) is 0 Å². The van der Waals surface area contributed by atoms with Crippen LogP contribution in [0, 0.1) is 13.8 Å². The van der Waals surface area contributed by atoms with Crippen molar-refractivity contribution in [3.63, 3.8) is 0 Å². The molecule has 3 aromatic heterocycles. The van der Waals surface area contributed by atoms with Crippen LogP contribution in [0.25, 0.3) is 11.0 Å². The van der Waals surface area contributed by atoms with Gasteiger partial charge in [0.15, 0.2) is 5.65 Å². The highest BCUT2D eigenvalue weighted by molar-refractivity contribution is 5.91. The first-order valence-electron chi connectivity index (χ1n) is 8.18. The molecule has 0 spiro atoms. The van der Waals surface area contributed by atoms with E-state index in [2.05, 4.69) is 50.6 Å². The van der Waals surface area contributed by atoms with Crippen LogP contribution in [0.5, 0.6) is 0 Å². The molecule has 0 amide bonds. The third-order valence-corrected chi connectivity index (χ3v) is 4.87. The minimum Gasteiger partial charge on any atom is -0.369 e. The van der Waals surface area contributed by atoms with E-state index in [1.54, 1.807) is 0 Å². The van der Waals surface area contributed by atoms with Crippen molar-refractivity contribution in [2.24, 2.45) is 7.05 Å². The zero-order valence-electron chi connectivity index (χ0n) is 13.9. The van der Waals surface area contributed by atoms with Crippen molar-refractivity contribution in [1.82, 2.24) is 24.3 Å². The fourth-order valence-electron chi connectivity index (χ4n) is 3.79. The van der Waals surface area contributed by atoms with Crippen molar-refractivity contribution in [2.75, 3.05) is 18.0 Å². The zero-order valence-corrected chi connectivity index (χ0v) is 13.9. The molecular weight excluding hydrogens is 288 g/mol. The molecule has 3 aromatic rings. The van der Waals surface area contributed by atoms with E-state index >= 15 is 0 Å². The molecule has 1 aliphatic rings. The molecule has 0 saturated carbocycles. The Kier molecular flexibility index (Phi) is 3.32. The summed E-state index contributed by atoms with van der Waals surface area (Å²) in [6.07, 6.45) is 8.27. The first kappa shape index (κ1) is 14.2. The Morgan fingerprint density at radius 1 is 1.17 bits per heavy atom. The van der Waals surface area contributed by atoms with Crippen molar-refractivity contribution in [2.45, 2.75) is 32.7 Å². The molecular formula is C17H22N6. The molecule has 120 valence electrons. The monoisotopic (exact) mass is 310 g/mol. The van der Waals surface area contributed by atoms with Crippen molar-refractivity contribution in [1.29, 1.82) is 0 Å². The second-order valence-corrected chi connectivity index (χ2v) is 6.36. The summed E-state index contributed by atoms with van der Waals surface area (Å²) in [5.74, 6) is 1.09. The van der Waals surface area contributed by atoms with E-state index in [1.165, 1.54) is 23.9 Å². The molecule has 0 N–H and O–H groups in total. The van der Waals surface area contributed by atoms with Crippen LogP contribution in [-0.4, -0.2) is 37.4 Å². The number of aryl methyl sites for hydroxylation is 3. The number of hydrogen-bond donors (Lipinski definition) is 0. The zero-order chi connectivity index (χ0) is 16.0. The molecule has 1 unspecified atom stereocenters. The Hall–Kier alpha value is -2.37. The van der Waals surface area contributed by atoms with Crippen LogP contribution in [0.1, 0.15) is 30.4 Å². The van der Waals surface area contributed by atoms with E-state index in [0.717, 1.165) is 30.3 Å². The van der Waals surface area contributed by atoms with Gasteiger partial charge in [-0.3, -0.25) is 4.68 Å². The SMILES string of the molecule is Cc1nn(C)c2nccc(N3CCCC(n4ccnc4C)C3)c12. The van der Waals surface area contributed by atoms with Crippen LogP contribution in [0.2, 0.25) is 0 Å². The predicted octanol–water partition coefficient (Wildman–Crippen LogP) is 2.62. The number of aromatic nitrogens is 5. The average Bonchev–Trinajstić information content (AvgIpc) is 3.11. The lowest BCUT2D eigenvalue weighted by Gasteiger charge is -2.35. The first-order valence-corrected chi connectivity index (χ1v) is 8.18. The van der Waals surface area contributed by atoms with Gasteiger partial charge in [0, 0.05) is 38.7 Å². The molecule has 4 heterocycles. The van der Waals surface area contributed by atoms with Crippen molar-refractivity contribution in [3.8, 4) is 0 Å². The molecule has 0 aromatic carbocycles. The molecule has 4 rings (SSSR count). The lowest BCUT2D eigenvalue weighted by atomic mass is 10.0. The molecule has 6 nitrogen and oxygen atoms in total. The third kappa shape index (κ3) is 2.29. The number of hydrogen-bond acceptors (Lipinski definition) is 4. The minimum absolute atomic E-state index is 0.478. The summed E-state index contributed by atoms with van der Waals surface area (Å²) in [5.41, 5.74) is 3.26. The van der Waals surface area contributed by atoms with E-state index in [-0.39, 0.29) is 0 Å². The van der Waals surface area contributed by atoms with Crippen LogP contribution in [-0.2, 0) is 7.05 Å². The fraction of sp³-hybridized carbons (Fsp3) is 0.471. The summed E-state index contributed by atoms with van der Waals surface area (Å²) < 4.78 is 4.18. The van der Waals surface area contributed by atoms with Gasteiger partial charge in [0.05, 0.1) is 22.8 Å². The highest BCUT2D eigenvalue weighted by Crippen LogP contribution is 2.32. The standard InChI is InChI=1S/C17H22N6/c1-12-16-15(6-7-19-17(16)21(3)20-12)22-9-4-5-14(11-22)23-10-8-18-13(23)2/h6-8,10,14H,4-5,9,11H2,1-3H3. The molecule has 1 atom stereocenters. The molecule has 1 fully saturated rings. The topological polar surface area (TPSA) is 51.8 Å². The molecule has 6 heteroatoms. The maximum Gasteiger partial charge on any atom is 0.159 e. The third-order valence-electron chi connectivity index (χ3n) is 4.87. The van der Waals surface area contributed by atoms with E-state index in [0.29, 0.717) is 6.04 Å². The Morgan fingerprint density at radius 3 is 2.83 bits per heavy atom. The second kappa shape index (κ2) is 5.37. The predicted molar refractivity (Wildman–Crippen MR) is 90.7 cm³/mol. The Morgan fingerprint density at radius 2 is 2.04 bits per heavy atom. The first-order chi connectivity index (χ1) is 11.1. The summed E-state index contributed by atoms with van der Waals surface area (Å²) in [7, 11) is 1.96. The highest BCUT2D eigenvalue weighted by Gasteiger charge is 2.24. The summed E-state index contributed by atoms with van der Waals surface area (Å²) in [6, 6.07) is 2.60. The van der Waals surface area contributed by atoms with Gasteiger partial charge in [-0.1, -0.05) is 0 Å². The number of imidazole rings is 1. The molecule has 0 aliphatic carbocycles. The van der Waals surface area contributed by atoms with E-state index in [4.69, 9.17) is 0 Å². The lowest BCUT2D eigenvalue weighted by Crippen LogP contribution is -2.37. The van der Waals surface area contributed by atoms with Gasteiger partial charge in [0.1, 0.15) is 5.82 Å². The van der Waals surface area contributed by atoms with E-state index in [9.17, 15) is 0 Å². The van der Waals surface area contributed by atoms with Gasteiger partial charge < -0.3 is 9.47 Å². The molecule has 0 bridgehead atoms. The molecule has 0 radical (unpaired) electrons. The Labute approximate surface area is 135 Å². The number of anilines is 1. The van der Waals surface area contributed by atoms with Crippen LogP contribution in [0.15, 0.2) is 24.7 Å². The summed E-state index contributed by atoms with van der Waals surface area (Å²) in [4.78, 5) is 11.4. The number of nitrogens with zero attached hydrogens (tertiary/aromatic N) is 6. The number of pyridine rings is 1. The van der Waals surface area contributed by atoms with Gasteiger partial charge in [-0.05, 0) is 32.8 Å².